The number of aromatic nitrogens is 4. The van der Waals surface area contributed by atoms with Gasteiger partial charge in [0.1, 0.15) is 5.75 Å². The maximum atomic E-state index is 11.9. The largest absolute Gasteiger partial charge is 0.508 e. The van der Waals surface area contributed by atoms with Crippen molar-refractivity contribution in [3.8, 4) is 11.4 Å². The number of carboxylic acid groups (broad SMARTS) is 1. The van der Waals surface area contributed by atoms with E-state index >= 15 is 0 Å². The fourth-order valence-corrected chi connectivity index (χ4v) is 5.85. The van der Waals surface area contributed by atoms with Gasteiger partial charge in [0.15, 0.2) is 6.29 Å². The van der Waals surface area contributed by atoms with Gasteiger partial charge in [-0.15, -0.1) is 5.10 Å². The van der Waals surface area contributed by atoms with Crippen LogP contribution < -0.4 is 5.32 Å². The van der Waals surface area contributed by atoms with E-state index in [1.165, 1.54) is 11.8 Å². The second-order valence-corrected chi connectivity index (χ2v) is 11.4. The number of phenols is 1. The van der Waals surface area contributed by atoms with Gasteiger partial charge in [0.05, 0.1) is 30.9 Å². The van der Waals surface area contributed by atoms with E-state index in [1.807, 2.05) is 48.5 Å². The lowest BCUT2D eigenvalue weighted by atomic mass is 9.91. The highest BCUT2D eigenvalue weighted by atomic mass is 32.2. The van der Waals surface area contributed by atoms with Crippen molar-refractivity contribution < 1.29 is 34.4 Å². The van der Waals surface area contributed by atoms with Crippen LogP contribution in [0.3, 0.4) is 0 Å². The lowest BCUT2D eigenvalue weighted by molar-refractivity contribution is -0.268. The highest BCUT2D eigenvalue weighted by Crippen LogP contribution is 2.43. The van der Waals surface area contributed by atoms with Crippen LogP contribution in [0.4, 0.5) is 0 Å². The van der Waals surface area contributed by atoms with Crippen LogP contribution >= 0.6 is 11.8 Å². The predicted molar refractivity (Wildman–Crippen MR) is 160 cm³/mol. The molecule has 12 nitrogen and oxygen atoms in total. The first-order valence-corrected chi connectivity index (χ1v) is 15.1. The molecular weight excluding hydrogens is 586 g/mol. The van der Waals surface area contributed by atoms with E-state index in [4.69, 9.17) is 14.6 Å². The first-order chi connectivity index (χ1) is 21.3. The van der Waals surface area contributed by atoms with Crippen LogP contribution in [0.25, 0.3) is 5.69 Å². The van der Waals surface area contributed by atoms with E-state index in [2.05, 4.69) is 27.8 Å². The molecule has 0 bridgehead atoms. The molecular formula is C31H33N5O7S. The lowest BCUT2D eigenvalue weighted by Gasteiger charge is -2.41. The third kappa shape index (κ3) is 7.80. The number of tetrazole rings is 1. The van der Waals surface area contributed by atoms with Crippen LogP contribution in [0.5, 0.6) is 5.75 Å². The summed E-state index contributed by atoms with van der Waals surface area (Å²) in [5, 5.41) is 43.4. The van der Waals surface area contributed by atoms with E-state index in [9.17, 15) is 19.8 Å². The molecule has 0 saturated carbocycles. The summed E-state index contributed by atoms with van der Waals surface area (Å²) in [6, 6.07) is 21.8. The first kappa shape index (κ1) is 31.1. The molecule has 230 valence electrons. The minimum Gasteiger partial charge on any atom is -0.508 e. The van der Waals surface area contributed by atoms with E-state index in [0.29, 0.717) is 16.6 Å². The molecule has 0 spiro atoms. The number of amides is 1. The van der Waals surface area contributed by atoms with Gasteiger partial charge in [0.2, 0.25) is 11.1 Å². The zero-order valence-electron chi connectivity index (χ0n) is 23.9. The van der Waals surface area contributed by atoms with Crippen LogP contribution in [0.1, 0.15) is 54.4 Å². The van der Waals surface area contributed by atoms with Crippen LogP contribution in [-0.4, -0.2) is 59.3 Å². The average Bonchev–Trinajstić information content (AvgIpc) is 3.51. The number of ether oxygens (including phenoxy) is 2. The quantitative estimate of drug-likeness (QED) is 0.170. The Hall–Kier alpha value is -4.30. The summed E-state index contributed by atoms with van der Waals surface area (Å²) in [6.07, 6.45) is -1.51. The standard InChI is InChI=1S/C31H33N5O7S/c1-19-26(18-44-31-33-34-35-36(31)24-10-12-25(38)13-11-24)42-30(43-29(19)22-6-4-21(17-37)5-7-22)23-8-2-20(3-9-23)16-32-27(39)14-15-28(40)41/h2-13,19,26,29-30,37-38H,14-18H2,1H3,(H,32,39)(H,40,41)/t19-,26+,29+,30+/m0/s1. The second-order valence-electron chi connectivity index (χ2n) is 10.4. The molecule has 1 fully saturated rings. The Morgan fingerprint density at radius 3 is 2.30 bits per heavy atom. The molecule has 1 amide bonds. The van der Waals surface area contributed by atoms with E-state index in [0.717, 1.165) is 22.3 Å². The number of hydrogen-bond acceptors (Lipinski definition) is 10. The number of carbonyl (C=O) groups is 2. The van der Waals surface area contributed by atoms with Crippen molar-refractivity contribution in [1.29, 1.82) is 0 Å². The highest BCUT2D eigenvalue weighted by molar-refractivity contribution is 7.99. The Balaban J connectivity index is 1.31. The summed E-state index contributed by atoms with van der Waals surface area (Å²) < 4.78 is 14.6. The third-order valence-corrected chi connectivity index (χ3v) is 8.35. The predicted octanol–water partition coefficient (Wildman–Crippen LogP) is 3.92. The van der Waals surface area contributed by atoms with Crippen molar-refractivity contribution in [3.05, 3.63) is 95.1 Å². The van der Waals surface area contributed by atoms with Gasteiger partial charge in [-0.1, -0.05) is 67.2 Å². The zero-order valence-corrected chi connectivity index (χ0v) is 24.8. The molecule has 5 rings (SSSR count). The summed E-state index contributed by atoms with van der Waals surface area (Å²) >= 11 is 1.45. The molecule has 1 aliphatic rings. The monoisotopic (exact) mass is 619 g/mol. The van der Waals surface area contributed by atoms with Gasteiger partial charge >= 0.3 is 5.97 Å². The second kappa shape index (κ2) is 14.4. The maximum Gasteiger partial charge on any atom is 0.303 e. The number of carbonyl (C=O) groups excluding carboxylic acids is 1. The number of nitrogens with zero attached hydrogens (tertiary/aromatic N) is 4. The molecule has 4 aromatic rings. The molecule has 4 N–H and O–H groups in total. The molecule has 1 saturated heterocycles. The average molecular weight is 620 g/mol. The topological polar surface area (TPSA) is 169 Å². The molecule has 0 unspecified atom stereocenters. The molecule has 44 heavy (non-hydrogen) atoms. The summed E-state index contributed by atoms with van der Waals surface area (Å²) in [6.45, 7) is 2.30. The molecule has 13 heteroatoms. The normalized spacial score (nSPS) is 19.9. The fraction of sp³-hybridized carbons (Fsp3) is 0.323. The number of hydrogen-bond donors (Lipinski definition) is 4. The van der Waals surface area contributed by atoms with Crippen LogP contribution in [0.15, 0.2) is 78.0 Å². The third-order valence-electron chi connectivity index (χ3n) is 7.34. The van der Waals surface area contributed by atoms with Gasteiger partial charge in [-0.2, -0.15) is 4.68 Å². The van der Waals surface area contributed by atoms with Crippen LogP contribution in [0, 0.1) is 5.92 Å². The van der Waals surface area contributed by atoms with Crippen molar-refractivity contribution in [2.75, 3.05) is 5.75 Å². The van der Waals surface area contributed by atoms with Gasteiger partial charge in [0, 0.05) is 30.2 Å². The number of benzene rings is 3. The van der Waals surface area contributed by atoms with Crippen molar-refractivity contribution in [2.45, 2.75) is 56.6 Å². The van der Waals surface area contributed by atoms with Crippen LogP contribution in [0.2, 0.25) is 0 Å². The maximum absolute atomic E-state index is 11.9. The first-order valence-electron chi connectivity index (χ1n) is 14.1. The number of aliphatic hydroxyl groups excluding tert-OH is 1. The van der Waals surface area contributed by atoms with E-state index in [1.54, 1.807) is 28.9 Å². The summed E-state index contributed by atoms with van der Waals surface area (Å²) in [5.41, 5.74) is 4.15. The summed E-state index contributed by atoms with van der Waals surface area (Å²) in [7, 11) is 0. The number of aliphatic carboxylic acids is 1. The zero-order chi connectivity index (χ0) is 31.1. The van der Waals surface area contributed by atoms with Crippen molar-refractivity contribution in [2.24, 2.45) is 5.92 Å². The Morgan fingerprint density at radius 1 is 0.932 bits per heavy atom. The van der Waals surface area contributed by atoms with Crippen molar-refractivity contribution >= 4 is 23.6 Å². The van der Waals surface area contributed by atoms with E-state index in [-0.39, 0.29) is 55.8 Å². The van der Waals surface area contributed by atoms with Gasteiger partial charge in [-0.25, -0.2) is 0 Å². The number of phenolic OH excluding ortho intramolecular Hbond substituents is 1. The Bertz CT molecular complexity index is 1550. The highest BCUT2D eigenvalue weighted by Gasteiger charge is 2.38. The summed E-state index contributed by atoms with van der Waals surface area (Å²) in [5.74, 6) is -0.696. The number of aromatic hydroxyl groups is 1. The molecule has 0 radical (unpaired) electrons. The Labute approximate surface area is 258 Å². The molecule has 1 aliphatic heterocycles. The van der Waals surface area contributed by atoms with Gasteiger partial charge in [0.25, 0.3) is 0 Å². The smallest absolute Gasteiger partial charge is 0.303 e. The Kier molecular flexibility index (Phi) is 10.2. The van der Waals surface area contributed by atoms with E-state index < -0.39 is 12.3 Å². The molecule has 2 heterocycles. The molecule has 4 atom stereocenters. The number of nitrogens with one attached hydrogen (secondary N) is 1. The number of thioether (sulfide) groups is 1. The number of carboxylic acids is 1. The molecule has 3 aromatic carbocycles. The fourth-order valence-electron chi connectivity index (χ4n) is 4.79. The minimum atomic E-state index is -1.01. The van der Waals surface area contributed by atoms with Gasteiger partial charge in [-0.05, 0) is 51.4 Å². The Morgan fingerprint density at radius 2 is 1.61 bits per heavy atom. The lowest BCUT2D eigenvalue weighted by Crippen LogP contribution is -2.38. The van der Waals surface area contributed by atoms with Crippen molar-refractivity contribution in [1.82, 2.24) is 25.5 Å². The minimum absolute atomic E-state index is 0.0444. The number of aliphatic hydroxyl groups is 1. The van der Waals surface area contributed by atoms with Crippen molar-refractivity contribution in [3.63, 3.8) is 0 Å². The SMILES string of the molecule is C[C@H]1[C@@H](CSc2nnnn2-c2ccc(O)cc2)O[C@@H](c2ccc(CNC(=O)CCC(=O)O)cc2)O[C@H]1c1ccc(CO)cc1. The number of rotatable bonds is 12. The van der Waals surface area contributed by atoms with Gasteiger partial charge in [-0.3, -0.25) is 9.59 Å². The molecule has 0 aliphatic carbocycles. The summed E-state index contributed by atoms with van der Waals surface area (Å²) in [4.78, 5) is 22.6. The van der Waals surface area contributed by atoms with Gasteiger partial charge < -0.3 is 30.1 Å². The molecule has 1 aromatic heterocycles. The van der Waals surface area contributed by atoms with Crippen LogP contribution in [-0.2, 0) is 32.2 Å².